The normalized spacial score (nSPS) is 26.1. The Morgan fingerprint density at radius 1 is 1.37 bits per heavy atom. The van der Waals surface area contributed by atoms with E-state index in [1.165, 1.54) is 0 Å². The monoisotopic (exact) mass is 275 g/mol. The van der Waals surface area contributed by atoms with Crippen LogP contribution in [-0.2, 0) is 11.2 Å². The summed E-state index contributed by atoms with van der Waals surface area (Å²) in [7, 11) is 1.70. The van der Waals surface area contributed by atoms with Crippen molar-refractivity contribution in [2.24, 2.45) is 0 Å². The second kappa shape index (κ2) is 5.04. The quantitative estimate of drug-likeness (QED) is 0.933. The number of hydrogen-bond acceptors (Lipinski definition) is 4. The predicted molar refractivity (Wildman–Crippen MR) is 76.2 cm³/mol. The van der Waals surface area contributed by atoms with Crippen molar-refractivity contribution in [3.05, 3.63) is 40.7 Å². The molecule has 0 radical (unpaired) electrons. The number of benzene rings is 1. The first-order chi connectivity index (χ1) is 9.18. The average molecular weight is 275 g/mol. The van der Waals surface area contributed by atoms with E-state index in [0.717, 1.165) is 16.3 Å². The third-order valence-corrected chi connectivity index (χ3v) is 4.50. The van der Waals surface area contributed by atoms with Gasteiger partial charge in [-0.1, -0.05) is 30.3 Å². The van der Waals surface area contributed by atoms with Gasteiger partial charge in [0.2, 0.25) is 0 Å². The molecule has 0 saturated heterocycles. The van der Waals surface area contributed by atoms with E-state index in [2.05, 4.69) is 22.5 Å². The number of thiazole rings is 1. The predicted octanol–water partition coefficient (Wildman–Crippen LogP) is 2.89. The highest BCUT2D eigenvalue weighted by Gasteiger charge is 2.43. The van der Waals surface area contributed by atoms with E-state index in [1.54, 1.807) is 18.4 Å². The van der Waals surface area contributed by atoms with Crippen LogP contribution < -0.4 is 0 Å². The van der Waals surface area contributed by atoms with Gasteiger partial charge in [0.05, 0.1) is 22.4 Å². The minimum Gasteiger partial charge on any atom is -0.389 e. The largest absolute Gasteiger partial charge is 0.389 e. The van der Waals surface area contributed by atoms with Crippen molar-refractivity contribution < 1.29 is 9.84 Å². The SMILES string of the molecule is COC1CC(O)(Cc2nc(-c3ccccc3)cs2)C1. The zero-order chi connectivity index (χ0) is 13.3. The Bertz CT molecular complexity index is 546. The number of hydrogen-bond donors (Lipinski definition) is 1. The lowest BCUT2D eigenvalue weighted by Crippen LogP contribution is -2.49. The topological polar surface area (TPSA) is 42.4 Å². The van der Waals surface area contributed by atoms with Crippen LogP contribution >= 0.6 is 11.3 Å². The van der Waals surface area contributed by atoms with E-state index in [-0.39, 0.29) is 6.10 Å². The molecular formula is C15H17NO2S. The lowest BCUT2D eigenvalue weighted by molar-refractivity contribution is -0.126. The molecule has 1 aromatic heterocycles. The highest BCUT2D eigenvalue weighted by atomic mass is 32.1. The van der Waals surface area contributed by atoms with Crippen LogP contribution in [0.25, 0.3) is 11.3 Å². The maximum absolute atomic E-state index is 10.3. The fourth-order valence-corrected chi connectivity index (χ4v) is 3.45. The van der Waals surface area contributed by atoms with Crippen LogP contribution in [0.3, 0.4) is 0 Å². The van der Waals surface area contributed by atoms with Gasteiger partial charge in [-0.05, 0) is 0 Å². The Balaban J connectivity index is 1.69. The van der Waals surface area contributed by atoms with E-state index in [4.69, 9.17) is 4.74 Å². The minimum absolute atomic E-state index is 0.207. The van der Waals surface area contributed by atoms with Gasteiger partial charge in [0, 0.05) is 37.3 Å². The van der Waals surface area contributed by atoms with Crippen molar-refractivity contribution in [1.82, 2.24) is 4.98 Å². The number of methoxy groups -OCH3 is 1. The maximum atomic E-state index is 10.3. The zero-order valence-electron chi connectivity index (χ0n) is 10.9. The maximum Gasteiger partial charge on any atom is 0.0961 e. The number of aliphatic hydroxyl groups is 1. The summed E-state index contributed by atoms with van der Waals surface area (Å²) in [5, 5.41) is 13.4. The molecule has 1 heterocycles. The van der Waals surface area contributed by atoms with Gasteiger partial charge in [-0.25, -0.2) is 4.98 Å². The number of rotatable bonds is 4. The fourth-order valence-electron chi connectivity index (χ4n) is 2.51. The molecule has 0 atom stereocenters. The summed E-state index contributed by atoms with van der Waals surface area (Å²) in [4.78, 5) is 4.62. The van der Waals surface area contributed by atoms with Gasteiger partial charge in [0.15, 0.2) is 0 Å². The molecule has 3 nitrogen and oxygen atoms in total. The van der Waals surface area contributed by atoms with E-state index in [9.17, 15) is 5.11 Å². The molecular weight excluding hydrogens is 258 g/mol. The molecule has 100 valence electrons. The standard InChI is InChI=1S/C15H17NO2S/c1-18-12-7-15(17,8-12)9-14-16-13(10-19-14)11-5-3-2-4-6-11/h2-6,10,12,17H,7-9H2,1H3. The van der Waals surface area contributed by atoms with Gasteiger partial charge in [-0.3, -0.25) is 0 Å². The Labute approximate surface area is 116 Å². The van der Waals surface area contributed by atoms with Gasteiger partial charge >= 0.3 is 0 Å². The lowest BCUT2D eigenvalue weighted by atomic mass is 9.75. The second-order valence-electron chi connectivity index (χ2n) is 5.16. The summed E-state index contributed by atoms with van der Waals surface area (Å²) in [6, 6.07) is 10.1. The van der Waals surface area contributed by atoms with Gasteiger partial charge < -0.3 is 9.84 Å². The molecule has 0 amide bonds. The summed E-state index contributed by atoms with van der Waals surface area (Å²) in [6.07, 6.45) is 2.26. The first-order valence-corrected chi connectivity index (χ1v) is 7.31. The highest BCUT2D eigenvalue weighted by molar-refractivity contribution is 7.09. The molecule has 0 unspecified atom stereocenters. The highest BCUT2D eigenvalue weighted by Crippen LogP contribution is 2.37. The zero-order valence-corrected chi connectivity index (χ0v) is 11.7. The number of nitrogens with zero attached hydrogens (tertiary/aromatic N) is 1. The van der Waals surface area contributed by atoms with Crippen LogP contribution in [0.1, 0.15) is 17.8 Å². The Morgan fingerprint density at radius 2 is 2.11 bits per heavy atom. The van der Waals surface area contributed by atoms with Crippen molar-refractivity contribution in [2.45, 2.75) is 31.0 Å². The summed E-state index contributed by atoms with van der Waals surface area (Å²) in [5.41, 5.74) is 1.50. The van der Waals surface area contributed by atoms with Crippen LogP contribution in [0, 0.1) is 0 Å². The van der Waals surface area contributed by atoms with Crippen molar-refractivity contribution in [3.8, 4) is 11.3 Å². The van der Waals surface area contributed by atoms with Crippen molar-refractivity contribution >= 4 is 11.3 Å². The summed E-state index contributed by atoms with van der Waals surface area (Å²) >= 11 is 1.62. The first kappa shape index (κ1) is 12.8. The van der Waals surface area contributed by atoms with E-state index in [0.29, 0.717) is 19.3 Å². The molecule has 1 N–H and O–H groups in total. The minimum atomic E-state index is -0.619. The Morgan fingerprint density at radius 3 is 2.79 bits per heavy atom. The molecule has 4 heteroatoms. The van der Waals surface area contributed by atoms with Crippen LogP contribution in [0.2, 0.25) is 0 Å². The van der Waals surface area contributed by atoms with Crippen LogP contribution in [0.4, 0.5) is 0 Å². The third-order valence-electron chi connectivity index (χ3n) is 3.65. The first-order valence-electron chi connectivity index (χ1n) is 6.43. The summed E-state index contributed by atoms with van der Waals surface area (Å²) in [5.74, 6) is 0. The number of ether oxygens (including phenoxy) is 1. The molecule has 1 saturated carbocycles. The lowest BCUT2D eigenvalue weighted by Gasteiger charge is -2.42. The molecule has 1 aliphatic rings. The molecule has 0 aliphatic heterocycles. The van der Waals surface area contributed by atoms with Crippen molar-refractivity contribution in [2.75, 3.05) is 7.11 Å². The Kier molecular flexibility index (Phi) is 3.39. The molecule has 2 aromatic rings. The van der Waals surface area contributed by atoms with E-state index >= 15 is 0 Å². The van der Waals surface area contributed by atoms with Crippen LogP contribution in [-0.4, -0.2) is 28.9 Å². The Hall–Kier alpha value is -1.23. The van der Waals surface area contributed by atoms with Crippen LogP contribution in [0.15, 0.2) is 35.7 Å². The number of aromatic nitrogens is 1. The van der Waals surface area contributed by atoms with E-state index < -0.39 is 5.60 Å². The third kappa shape index (κ3) is 2.71. The summed E-state index contributed by atoms with van der Waals surface area (Å²) < 4.78 is 5.22. The molecule has 0 spiro atoms. The molecule has 1 fully saturated rings. The van der Waals surface area contributed by atoms with E-state index in [1.807, 2.05) is 18.2 Å². The second-order valence-corrected chi connectivity index (χ2v) is 6.10. The average Bonchev–Trinajstić information content (AvgIpc) is 2.85. The fraction of sp³-hybridized carbons (Fsp3) is 0.400. The van der Waals surface area contributed by atoms with Crippen molar-refractivity contribution in [1.29, 1.82) is 0 Å². The molecule has 0 bridgehead atoms. The van der Waals surface area contributed by atoms with Gasteiger partial charge in [-0.2, -0.15) is 0 Å². The van der Waals surface area contributed by atoms with Gasteiger partial charge in [-0.15, -0.1) is 11.3 Å². The van der Waals surface area contributed by atoms with Crippen LogP contribution in [0.5, 0.6) is 0 Å². The smallest absolute Gasteiger partial charge is 0.0961 e. The molecule has 1 aliphatic carbocycles. The molecule has 1 aromatic carbocycles. The molecule has 3 rings (SSSR count). The molecule has 19 heavy (non-hydrogen) atoms. The van der Waals surface area contributed by atoms with Gasteiger partial charge in [0.25, 0.3) is 0 Å². The summed E-state index contributed by atoms with van der Waals surface area (Å²) in [6.45, 7) is 0. The van der Waals surface area contributed by atoms with Gasteiger partial charge in [0.1, 0.15) is 0 Å². The van der Waals surface area contributed by atoms with Crippen molar-refractivity contribution in [3.63, 3.8) is 0 Å².